The molecule has 0 unspecified atom stereocenters. The van der Waals surface area contributed by atoms with Gasteiger partial charge in [0.25, 0.3) is 0 Å². The molecule has 82 valence electrons. The first-order valence-corrected chi connectivity index (χ1v) is 5.63. The first-order chi connectivity index (χ1) is 7.85. The van der Waals surface area contributed by atoms with Gasteiger partial charge in [0.05, 0.1) is 0 Å². The summed E-state index contributed by atoms with van der Waals surface area (Å²) in [5.41, 5.74) is 2.28. The van der Waals surface area contributed by atoms with Crippen LogP contribution in [0.15, 0.2) is 49.6 Å². The zero-order valence-corrected chi connectivity index (χ0v) is 10.0. The molecule has 0 amide bonds. The Hall–Kier alpha value is -1.82. The predicted octanol–water partition coefficient (Wildman–Crippen LogP) is 5.15. The molecule has 0 saturated carbocycles. The van der Waals surface area contributed by atoms with Gasteiger partial charge in [-0.25, -0.2) is 0 Å². The van der Waals surface area contributed by atoms with Crippen LogP contribution >= 0.6 is 0 Å². The standard InChI is InChI=1S/C14H12.C2H6/c1-3-11-9-13-7-5-6-8-14(13)10-12(11)4-2;1-2/h3-10H,1-2H2;1-2H3. The maximum absolute atomic E-state index is 3.80. The minimum atomic E-state index is 1.14. The van der Waals surface area contributed by atoms with Crippen molar-refractivity contribution in [2.45, 2.75) is 13.8 Å². The second-order valence-electron chi connectivity index (χ2n) is 3.24. The molecule has 0 aliphatic carbocycles. The van der Waals surface area contributed by atoms with Crippen LogP contribution < -0.4 is 0 Å². The van der Waals surface area contributed by atoms with Crippen molar-refractivity contribution in [3.8, 4) is 0 Å². The van der Waals surface area contributed by atoms with Crippen molar-refractivity contribution in [2.75, 3.05) is 0 Å². The summed E-state index contributed by atoms with van der Waals surface area (Å²) in [6.07, 6.45) is 3.73. The highest BCUT2D eigenvalue weighted by Crippen LogP contribution is 2.21. The van der Waals surface area contributed by atoms with E-state index >= 15 is 0 Å². The maximum Gasteiger partial charge on any atom is -0.0178 e. The largest absolute Gasteiger partial charge is 0.0984 e. The zero-order chi connectivity index (χ0) is 12.0. The third-order valence-corrected chi connectivity index (χ3v) is 2.39. The molecule has 0 spiro atoms. The minimum Gasteiger partial charge on any atom is -0.0984 e. The van der Waals surface area contributed by atoms with E-state index in [0.717, 1.165) is 11.1 Å². The lowest BCUT2D eigenvalue weighted by atomic mass is 10.0. The normalized spacial score (nSPS) is 9.12. The average Bonchev–Trinajstić information content (AvgIpc) is 2.39. The molecule has 0 saturated heterocycles. The average molecular weight is 210 g/mol. The fourth-order valence-corrected chi connectivity index (χ4v) is 1.63. The molecule has 0 heteroatoms. The summed E-state index contributed by atoms with van der Waals surface area (Å²) in [5, 5.41) is 2.49. The minimum absolute atomic E-state index is 1.14. The van der Waals surface area contributed by atoms with Crippen LogP contribution in [0.5, 0.6) is 0 Å². The van der Waals surface area contributed by atoms with E-state index in [1.807, 2.05) is 38.1 Å². The van der Waals surface area contributed by atoms with Gasteiger partial charge in [-0.2, -0.15) is 0 Å². The summed E-state index contributed by atoms with van der Waals surface area (Å²) >= 11 is 0. The van der Waals surface area contributed by atoms with Crippen LogP contribution in [0.2, 0.25) is 0 Å². The highest BCUT2D eigenvalue weighted by atomic mass is 14.0. The van der Waals surface area contributed by atoms with Gasteiger partial charge < -0.3 is 0 Å². The summed E-state index contributed by atoms with van der Waals surface area (Å²) in [5.74, 6) is 0. The van der Waals surface area contributed by atoms with Crippen molar-refractivity contribution < 1.29 is 0 Å². The molecule has 0 nitrogen and oxygen atoms in total. The van der Waals surface area contributed by atoms with Gasteiger partial charge in [-0.3, -0.25) is 0 Å². The molecule has 0 N–H and O–H groups in total. The van der Waals surface area contributed by atoms with Gasteiger partial charge in [0.2, 0.25) is 0 Å². The number of hydrogen-bond donors (Lipinski definition) is 0. The molecular formula is C16H18. The number of rotatable bonds is 2. The Labute approximate surface area is 97.9 Å². The van der Waals surface area contributed by atoms with Crippen molar-refractivity contribution in [1.82, 2.24) is 0 Å². The Morgan fingerprint density at radius 2 is 1.19 bits per heavy atom. The second kappa shape index (κ2) is 5.92. The van der Waals surface area contributed by atoms with Gasteiger partial charge in [0, 0.05) is 0 Å². The van der Waals surface area contributed by atoms with Gasteiger partial charge in [-0.05, 0) is 34.0 Å². The van der Waals surface area contributed by atoms with E-state index in [2.05, 4.69) is 37.4 Å². The summed E-state index contributed by atoms with van der Waals surface area (Å²) in [7, 11) is 0. The number of benzene rings is 2. The van der Waals surface area contributed by atoms with E-state index in [0.29, 0.717) is 0 Å². The molecule has 0 fully saturated rings. The molecule has 16 heavy (non-hydrogen) atoms. The van der Waals surface area contributed by atoms with E-state index in [1.54, 1.807) is 0 Å². The monoisotopic (exact) mass is 210 g/mol. The number of fused-ring (bicyclic) bond motifs is 1. The van der Waals surface area contributed by atoms with Crippen LogP contribution in [0.4, 0.5) is 0 Å². The van der Waals surface area contributed by atoms with Crippen LogP contribution in [0.25, 0.3) is 22.9 Å². The van der Waals surface area contributed by atoms with Crippen molar-refractivity contribution in [1.29, 1.82) is 0 Å². The summed E-state index contributed by atoms with van der Waals surface area (Å²) in [4.78, 5) is 0. The van der Waals surface area contributed by atoms with E-state index in [9.17, 15) is 0 Å². The first kappa shape index (κ1) is 12.3. The smallest absolute Gasteiger partial charge is 0.0178 e. The van der Waals surface area contributed by atoms with Gasteiger partial charge in [0.1, 0.15) is 0 Å². The Kier molecular flexibility index (Phi) is 4.53. The fourth-order valence-electron chi connectivity index (χ4n) is 1.63. The van der Waals surface area contributed by atoms with Gasteiger partial charge in [-0.1, -0.05) is 63.4 Å². The SMILES string of the molecule is C=Cc1cc2ccccc2cc1C=C.CC. The molecule has 0 aliphatic rings. The molecule has 0 radical (unpaired) electrons. The highest BCUT2D eigenvalue weighted by Gasteiger charge is 1.98. The zero-order valence-electron chi connectivity index (χ0n) is 10.0. The summed E-state index contributed by atoms with van der Waals surface area (Å²) in [6, 6.07) is 12.6. The molecule has 2 aromatic carbocycles. The van der Waals surface area contributed by atoms with Gasteiger partial charge in [-0.15, -0.1) is 0 Å². The lowest BCUT2D eigenvalue weighted by Gasteiger charge is -2.04. The van der Waals surface area contributed by atoms with Gasteiger partial charge in [0.15, 0.2) is 0 Å². The fraction of sp³-hybridized carbons (Fsp3) is 0.125. The van der Waals surface area contributed by atoms with E-state index in [4.69, 9.17) is 0 Å². The molecule has 0 atom stereocenters. The van der Waals surface area contributed by atoms with Crippen molar-refractivity contribution >= 4 is 22.9 Å². The summed E-state index contributed by atoms with van der Waals surface area (Å²) < 4.78 is 0. The molecule has 0 aromatic heterocycles. The van der Waals surface area contributed by atoms with Gasteiger partial charge >= 0.3 is 0 Å². The number of hydrogen-bond acceptors (Lipinski definition) is 0. The molecule has 2 rings (SSSR count). The maximum atomic E-state index is 3.80. The Morgan fingerprint density at radius 1 is 0.812 bits per heavy atom. The van der Waals surface area contributed by atoms with E-state index in [1.165, 1.54) is 10.8 Å². The molecule has 0 heterocycles. The molecule has 2 aromatic rings. The van der Waals surface area contributed by atoms with Crippen molar-refractivity contribution in [3.63, 3.8) is 0 Å². The predicted molar refractivity (Wildman–Crippen MR) is 75.5 cm³/mol. The molecular weight excluding hydrogens is 192 g/mol. The third kappa shape index (κ3) is 2.40. The molecule has 0 aliphatic heterocycles. The van der Waals surface area contributed by atoms with Crippen molar-refractivity contribution in [2.24, 2.45) is 0 Å². The quantitative estimate of drug-likeness (QED) is 0.643. The molecule has 0 bridgehead atoms. The lowest BCUT2D eigenvalue weighted by Crippen LogP contribution is -1.81. The van der Waals surface area contributed by atoms with Crippen LogP contribution in [0, 0.1) is 0 Å². The topological polar surface area (TPSA) is 0 Å². The highest BCUT2D eigenvalue weighted by molar-refractivity contribution is 5.88. The Morgan fingerprint density at radius 3 is 1.50 bits per heavy atom. The third-order valence-electron chi connectivity index (χ3n) is 2.39. The Bertz CT molecular complexity index is 446. The van der Waals surface area contributed by atoms with E-state index in [-0.39, 0.29) is 0 Å². The van der Waals surface area contributed by atoms with Crippen LogP contribution in [-0.2, 0) is 0 Å². The van der Waals surface area contributed by atoms with Crippen LogP contribution in [-0.4, -0.2) is 0 Å². The summed E-state index contributed by atoms with van der Waals surface area (Å²) in [6.45, 7) is 11.6. The van der Waals surface area contributed by atoms with E-state index < -0.39 is 0 Å². The van der Waals surface area contributed by atoms with Crippen LogP contribution in [0.3, 0.4) is 0 Å². The lowest BCUT2D eigenvalue weighted by molar-refractivity contribution is 1.50. The van der Waals surface area contributed by atoms with Crippen LogP contribution in [0.1, 0.15) is 25.0 Å². The first-order valence-electron chi connectivity index (χ1n) is 5.63. The second-order valence-corrected chi connectivity index (χ2v) is 3.24. The Balaban J connectivity index is 0.000000606. The van der Waals surface area contributed by atoms with Crippen molar-refractivity contribution in [3.05, 3.63) is 60.7 Å².